The first kappa shape index (κ1) is 18.7. The third-order valence-electron chi connectivity index (χ3n) is 4.45. The lowest BCUT2D eigenvalue weighted by atomic mass is 10.1. The molecule has 148 valence electrons. The third-order valence-corrected chi connectivity index (χ3v) is 4.45. The maximum absolute atomic E-state index is 12.6. The molecule has 0 bridgehead atoms. The van der Waals surface area contributed by atoms with E-state index in [-0.39, 0.29) is 11.7 Å². The van der Waals surface area contributed by atoms with Gasteiger partial charge in [0.15, 0.2) is 0 Å². The zero-order valence-electron chi connectivity index (χ0n) is 15.0. The minimum absolute atomic E-state index is 0.0421. The lowest BCUT2D eigenvalue weighted by Gasteiger charge is -2.05. The quantitative estimate of drug-likeness (QED) is 0.526. The van der Waals surface area contributed by atoms with E-state index >= 15 is 0 Å². The van der Waals surface area contributed by atoms with Crippen LogP contribution in [0.2, 0.25) is 0 Å². The number of fused-ring (bicyclic) bond motifs is 1. The molecule has 0 unspecified atom stereocenters. The molecular formula is C20H15F3N4O2. The van der Waals surface area contributed by atoms with Crippen molar-refractivity contribution < 1.29 is 22.5 Å². The molecule has 2 heterocycles. The molecule has 9 heteroatoms. The van der Waals surface area contributed by atoms with Gasteiger partial charge >= 0.3 is 18.0 Å². The summed E-state index contributed by atoms with van der Waals surface area (Å²) in [6, 6.07) is 12.2. The zero-order valence-corrected chi connectivity index (χ0v) is 15.0. The summed E-state index contributed by atoms with van der Waals surface area (Å²) >= 11 is 0. The van der Waals surface area contributed by atoms with Gasteiger partial charge in [0.1, 0.15) is 0 Å². The van der Waals surface area contributed by atoms with E-state index in [1.807, 2.05) is 30.5 Å². The molecule has 0 aliphatic heterocycles. The maximum atomic E-state index is 12.6. The van der Waals surface area contributed by atoms with Crippen molar-refractivity contribution in [3.63, 3.8) is 0 Å². The largest absolute Gasteiger partial charge is 0.416 e. The molecule has 2 N–H and O–H groups in total. The number of nitrogens with zero attached hydrogens (tertiary/aromatic N) is 2. The molecule has 6 nitrogen and oxygen atoms in total. The molecule has 0 spiro atoms. The van der Waals surface area contributed by atoms with Crippen LogP contribution in [-0.4, -0.2) is 27.6 Å². The second kappa shape index (κ2) is 7.42. The number of carbonyl (C=O) groups is 1. The van der Waals surface area contributed by atoms with Crippen molar-refractivity contribution in [1.29, 1.82) is 0 Å². The summed E-state index contributed by atoms with van der Waals surface area (Å²) < 4.78 is 42.8. The Labute approximate surface area is 162 Å². The molecule has 2 aromatic carbocycles. The van der Waals surface area contributed by atoms with Crippen molar-refractivity contribution in [3.05, 3.63) is 71.7 Å². The zero-order chi connectivity index (χ0) is 20.4. The highest BCUT2D eigenvalue weighted by Crippen LogP contribution is 2.30. The smallest absolute Gasteiger partial charge is 0.361 e. The van der Waals surface area contributed by atoms with Crippen molar-refractivity contribution in [1.82, 2.24) is 20.4 Å². The van der Waals surface area contributed by atoms with Gasteiger partial charge in [-0.1, -0.05) is 35.5 Å². The van der Waals surface area contributed by atoms with E-state index in [9.17, 15) is 18.0 Å². The lowest BCUT2D eigenvalue weighted by molar-refractivity contribution is -0.137. The molecule has 1 amide bonds. The molecule has 0 aliphatic carbocycles. The van der Waals surface area contributed by atoms with E-state index in [1.54, 1.807) is 0 Å². The fourth-order valence-corrected chi connectivity index (χ4v) is 2.97. The Morgan fingerprint density at radius 3 is 2.62 bits per heavy atom. The number of aromatic nitrogens is 3. The first-order valence-electron chi connectivity index (χ1n) is 8.76. The molecule has 29 heavy (non-hydrogen) atoms. The van der Waals surface area contributed by atoms with Gasteiger partial charge in [-0.2, -0.15) is 18.2 Å². The number of nitrogens with one attached hydrogen (secondary N) is 2. The van der Waals surface area contributed by atoms with Crippen LogP contribution in [0.25, 0.3) is 22.3 Å². The van der Waals surface area contributed by atoms with Crippen LogP contribution in [0.3, 0.4) is 0 Å². The minimum atomic E-state index is -4.42. The summed E-state index contributed by atoms with van der Waals surface area (Å²) in [5, 5.41) is 7.45. The fourth-order valence-electron chi connectivity index (χ4n) is 2.97. The molecule has 0 saturated carbocycles. The Morgan fingerprint density at radius 1 is 1.10 bits per heavy atom. The van der Waals surface area contributed by atoms with E-state index in [2.05, 4.69) is 20.4 Å². The van der Waals surface area contributed by atoms with Crippen LogP contribution in [0.1, 0.15) is 21.8 Å². The van der Waals surface area contributed by atoms with E-state index in [0.29, 0.717) is 18.5 Å². The summed E-state index contributed by atoms with van der Waals surface area (Å²) in [5.41, 5.74) is 1.63. The Hall–Kier alpha value is -3.62. The van der Waals surface area contributed by atoms with E-state index in [1.165, 1.54) is 12.1 Å². The second-order valence-electron chi connectivity index (χ2n) is 6.36. The summed E-state index contributed by atoms with van der Waals surface area (Å²) in [6.07, 6.45) is -1.92. The fraction of sp³-hybridized carbons (Fsp3) is 0.150. The summed E-state index contributed by atoms with van der Waals surface area (Å²) in [6.45, 7) is 0.360. The molecule has 2 aromatic heterocycles. The van der Waals surface area contributed by atoms with Crippen LogP contribution in [0.4, 0.5) is 13.2 Å². The number of benzene rings is 2. The molecule has 0 radical (unpaired) electrons. The first-order valence-corrected chi connectivity index (χ1v) is 8.76. The number of carbonyl (C=O) groups excluding carboxylic acids is 1. The number of hydrogen-bond donors (Lipinski definition) is 2. The Kier molecular flexibility index (Phi) is 4.79. The van der Waals surface area contributed by atoms with E-state index in [4.69, 9.17) is 4.52 Å². The van der Waals surface area contributed by atoms with E-state index in [0.717, 1.165) is 28.6 Å². The molecule has 4 aromatic rings. The molecular weight excluding hydrogens is 385 g/mol. The van der Waals surface area contributed by atoms with Crippen LogP contribution < -0.4 is 5.32 Å². The van der Waals surface area contributed by atoms with Crippen molar-refractivity contribution in [2.24, 2.45) is 0 Å². The Bertz CT molecular complexity index is 1150. The number of hydrogen-bond acceptors (Lipinski definition) is 4. The van der Waals surface area contributed by atoms with Crippen LogP contribution >= 0.6 is 0 Å². The topological polar surface area (TPSA) is 83.8 Å². The molecule has 0 saturated heterocycles. The van der Waals surface area contributed by atoms with Gasteiger partial charge in [-0.15, -0.1) is 0 Å². The maximum Gasteiger partial charge on any atom is 0.416 e. The molecule has 0 atom stereocenters. The van der Waals surface area contributed by atoms with Gasteiger partial charge < -0.3 is 14.8 Å². The monoisotopic (exact) mass is 400 g/mol. The summed E-state index contributed by atoms with van der Waals surface area (Å²) in [4.78, 5) is 19.3. The standard InChI is InChI=1S/C20H15F3N4O2/c21-20(22,23)14-7-5-12(6-8-14)17-26-19(29-27-17)18(28)24-10-9-13-11-25-16-4-2-1-3-15(13)16/h1-8,11,25H,9-10H2,(H,24,28). The first-order chi connectivity index (χ1) is 13.9. The van der Waals surface area contributed by atoms with Crippen LogP contribution in [0, 0.1) is 0 Å². The van der Waals surface area contributed by atoms with Crippen LogP contribution in [0.15, 0.2) is 59.3 Å². The normalized spacial score (nSPS) is 11.7. The predicted octanol–water partition coefficient (Wildman–Crippen LogP) is 4.21. The number of para-hydroxylation sites is 1. The van der Waals surface area contributed by atoms with Crippen molar-refractivity contribution in [3.8, 4) is 11.4 Å². The van der Waals surface area contributed by atoms with Crippen molar-refractivity contribution >= 4 is 16.8 Å². The van der Waals surface area contributed by atoms with Gasteiger partial charge in [-0.25, -0.2) is 0 Å². The number of alkyl halides is 3. The molecule has 4 rings (SSSR count). The average molecular weight is 400 g/mol. The number of aromatic amines is 1. The third kappa shape index (κ3) is 3.98. The van der Waals surface area contributed by atoms with Gasteiger partial charge in [0.25, 0.3) is 0 Å². The minimum Gasteiger partial charge on any atom is -0.361 e. The van der Waals surface area contributed by atoms with Gasteiger partial charge in [0.05, 0.1) is 5.56 Å². The highest BCUT2D eigenvalue weighted by Gasteiger charge is 2.30. The predicted molar refractivity (Wildman–Crippen MR) is 99.1 cm³/mol. The molecule has 0 fully saturated rings. The Morgan fingerprint density at radius 2 is 1.86 bits per heavy atom. The van der Waals surface area contributed by atoms with Gasteiger partial charge in [0, 0.05) is 29.2 Å². The number of H-pyrrole nitrogens is 1. The van der Waals surface area contributed by atoms with Crippen LogP contribution in [0.5, 0.6) is 0 Å². The number of rotatable bonds is 5. The average Bonchev–Trinajstić information content (AvgIpc) is 3.35. The highest BCUT2D eigenvalue weighted by molar-refractivity contribution is 5.90. The Balaban J connectivity index is 1.38. The van der Waals surface area contributed by atoms with Crippen LogP contribution in [-0.2, 0) is 12.6 Å². The summed E-state index contributed by atoms with van der Waals surface area (Å²) in [5.74, 6) is -0.755. The number of halogens is 3. The van der Waals surface area contributed by atoms with Crippen molar-refractivity contribution in [2.45, 2.75) is 12.6 Å². The second-order valence-corrected chi connectivity index (χ2v) is 6.36. The van der Waals surface area contributed by atoms with Gasteiger partial charge in [0.2, 0.25) is 5.82 Å². The SMILES string of the molecule is O=C(NCCc1c[nH]c2ccccc12)c1nc(-c2ccc(C(F)(F)F)cc2)no1. The number of amides is 1. The van der Waals surface area contributed by atoms with Gasteiger partial charge in [-0.3, -0.25) is 4.79 Å². The van der Waals surface area contributed by atoms with Crippen molar-refractivity contribution in [2.75, 3.05) is 6.54 Å². The molecule has 0 aliphatic rings. The highest BCUT2D eigenvalue weighted by atomic mass is 19.4. The summed E-state index contributed by atoms with van der Waals surface area (Å²) in [7, 11) is 0. The lowest BCUT2D eigenvalue weighted by Crippen LogP contribution is -2.25. The van der Waals surface area contributed by atoms with Gasteiger partial charge in [-0.05, 0) is 30.2 Å². The van der Waals surface area contributed by atoms with E-state index < -0.39 is 17.6 Å².